The lowest BCUT2D eigenvalue weighted by Crippen LogP contribution is -2.44. The number of alkyl halides is 3. The summed E-state index contributed by atoms with van der Waals surface area (Å²) in [6.45, 7) is 3.94. The van der Waals surface area contributed by atoms with E-state index in [2.05, 4.69) is 5.10 Å². The van der Waals surface area contributed by atoms with Crippen molar-refractivity contribution >= 4 is 5.91 Å². The smallest absolute Gasteiger partial charge is 0.327 e. The van der Waals surface area contributed by atoms with Crippen molar-refractivity contribution < 1.29 is 18.0 Å². The van der Waals surface area contributed by atoms with Crippen LogP contribution in [-0.2, 0) is 0 Å². The summed E-state index contributed by atoms with van der Waals surface area (Å²) >= 11 is 0. The van der Waals surface area contributed by atoms with E-state index in [1.54, 1.807) is 28.9 Å². The summed E-state index contributed by atoms with van der Waals surface area (Å²) in [5.74, 6) is -0.574. The number of hydrogen-bond acceptors (Lipinski definition) is 2. The molecule has 0 N–H and O–H groups in total. The van der Waals surface area contributed by atoms with Gasteiger partial charge in [0.1, 0.15) is 6.04 Å². The Balaban J connectivity index is 1.83. The first-order valence-corrected chi connectivity index (χ1v) is 7.79. The number of amides is 1. The fraction of sp³-hybridized carbons (Fsp3) is 0.412. The molecule has 1 aliphatic rings. The molecule has 1 amide bonds. The summed E-state index contributed by atoms with van der Waals surface area (Å²) < 4.78 is 40.8. The van der Waals surface area contributed by atoms with Crippen molar-refractivity contribution in [2.75, 3.05) is 6.54 Å². The van der Waals surface area contributed by atoms with Gasteiger partial charge in [0.05, 0.1) is 11.4 Å². The Morgan fingerprint density at radius 1 is 1.21 bits per heavy atom. The van der Waals surface area contributed by atoms with E-state index in [0.29, 0.717) is 6.42 Å². The Morgan fingerprint density at radius 2 is 1.88 bits per heavy atom. The molecule has 1 aromatic heterocycles. The lowest BCUT2D eigenvalue weighted by molar-refractivity contribution is -0.169. The Kier molecular flexibility index (Phi) is 4.11. The highest BCUT2D eigenvalue weighted by Gasteiger charge is 2.47. The Morgan fingerprint density at radius 3 is 2.42 bits per heavy atom. The number of hydrogen-bond donors (Lipinski definition) is 0. The number of rotatable bonds is 2. The van der Waals surface area contributed by atoms with Gasteiger partial charge in [-0.2, -0.15) is 18.3 Å². The Labute approximate surface area is 137 Å². The van der Waals surface area contributed by atoms with Crippen molar-refractivity contribution in [3.8, 4) is 5.69 Å². The molecule has 0 saturated carbocycles. The van der Waals surface area contributed by atoms with E-state index in [1.807, 2.05) is 19.9 Å². The van der Waals surface area contributed by atoms with Crippen molar-refractivity contribution in [1.29, 1.82) is 0 Å². The Bertz CT molecular complexity index is 749. The lowest BCUT2D eigenvalue weighted by Gasteiger charge is -2.26. The topological polar surface area (TPSA) is 38.1 Å². The number of aromatic nitrogens is 2. The van der Waals surface area contributed by atoms with Gasteiger partial charge in [-0.3, -0.25) is 4.79 Å². The van der Waals surface area contributed by atoms with Crippen LogP contribution in [0.1, 0.15) is 34.6 Å². The van der Waals surface area contributed by atoms with Crippen LogP contribution in [0, 0.1) is 13.8 Å². The summed E-state index contributed by atoms with van der Waals surface area (Å²) in [5, 5.41) is 4.35. The molecular weight excluding hydrogens is 319 g/mol. The number of halogens is 3. The van der Waals surface area contributed by atoms with Crippen LogP contribution in [0.25, 0.3) is 5.69 Å². The van der Waals surface area contributed by atoms with Gasteiger partial charge in [0.2, 0.25) is 0 Å². The van der Waals surface area contributed by atoms with Crippen LogP contribution in [0.2, 0.25) is 0 Å². The van der Waals surface area contributed by atoms with E-state index in [4.69, 9.17) is 0 Å². The number of aryl methyl sites for hydroxylation is 2. The molecule has 2 heterocycles. The third-order valence-corrected chi connectivity index (χ3v) is 4.26. The van der Waals surface area contributed by atoms with Gasteiger partial charge in [0.25, 0.3) is 5.91 Å². The monoisotopic (exact) mass is 337 g/mol. The maximum absolute atomic E-state index is 13.0. The number of benzene rings is 1. The van der Waals surface area contributed by atoms with Crippen molar-refractivity contribution in [3.05, 3.63) is 47.3 Å². The number of carbonyl (C=O) groups is 1. The van der Waals surface area contributed by atoms with Crippen LogP contribution in [0.5, 0.6) is 0 Å². The van der Waals surface area contributed by atoms with E-state index in [1.165, 1.54) is 0 Å². The van der Waals surface area contributed by atoms with Crippen LogP contribution >= 0.6 is 0 Å². The zero-order valence-electron chi connectivity index (χ0n) is 13.5. The lowest BCUT2D eigenvalue weighted by atomic mass is 10.1. The third kappa shape index (κ3) is 3.02. The fourth-order valence-electron chi connectivity index (χ4n) is 3.15. The number of likely N-dealkylation sites (tertiary alicyclic amines) is 1. The maximum atomic E-state index is 13.0. The molecule has 4 nitrogen and oxygen atoms in total. The highest BCUT2D eigenvalue weighted by Crippen LogP contribution is 2.33. The molecule has 0 bridgehead atoms. The molecule has 0 radical (unpaired) electrons. The molecule has 1 saturated heterocycles. The quantitative estimate of drug-likeness (QED) is 0.839. The molecule has 1 aromatic carbocycles. The second-order valence-corrected chi connectivity index (χ2v) is 6.08. The van der Waals surface area contributed by atoms with Crippen molar-refractivity contribution in [2.45, 2.75) is 38.9 Å². The SMILES string of the molecule is Cc1cc(C)n(-c2ccc(C(=O)N3CCCC3C(F)(F)F)cc2)n1. The molecule has 1 unspecified atom stereocenters. The first kappa shape index (κ1) is 16.5. The molecule has 2 aromatic rings. The van der Waals surface area contributed by atoms with E-state index < -0.39 is 18.1 Å². The van der Waals surface area contributed by atoms with Gasteiger partial charge in [-0.15, -0.1) is 0 Å². The van der Waals surface area contributed by atoms with Gasteiger partial charge < -0.3 is 4.90 Å². The van der Waals surface area contributed by atoms with Gasteiger partial charge in [-0.1, -0.05) is 0 Å². The third-order valence-electron chi connectivity index (χ3n) is 4.26. The van der Waals surface area contributed by atoms with Crippen LogP contribution in [0.3, 0.4) is 0 Å². The van der Waals surface area contributed by atoms with Gasteiger partial charge >= 0.3 is 6.18 Å². The molecule has 1 aliphatic heterocycles. The standard InChI is InChI=1S/C17H18F3N3O/c1-11-10-12(2)23(21-11)14-7-5-13(6-8-14)16(24)22-9-3-4-15(22)17(18,19)20/h5-8,10,15H,3-4,9H2,1-2H3. The van der Waals surface area contributed by atoms with Gasteiger partial charge in [0, 0.05) is 17.8 Å². The van der Waals surface area contributed by atoms with Crippen LogP contribution < -0.4 is 0 Å². The second kappa shape index (κ2) is 5.96. The van der Waals surface area contributed by atoms with Crippen LogP contribution in [-0.4, -0.2) is 39.4 Å². The fourth-order valence-corrected chi connectivity index (χ4v) is 3.15. The number of carbonyl (C=O) groups excluding carboxylic acids is 1. The normalized spacial score (nSPS) is 18.2. The predicted octanol–water partition coefficient (Wildman–Crippen LogP) is 3.66. The first-order valence-electron chi connectivity index (χ1n) is 7.79. The summed E-state index contributed by atoms with van der Waals surface area (Å²) in [5.41, 5.74) is 2.85. The van der Waals surface area contributed by atoms with Crippen molar-refractivity contribution in [3.63, 3.8) is 0 Å². The van der Waals surface area contributed by atoms with Gasteiger partial charge in [-0.05, 0) is 57.0 Å². The first-order chi connectivity index (χ1) is 11.3. The summed E-state index contributed by atoms with van der Waals surface area (Å²) in [6.07, 6.45) is -4.03. The molecule has 0 aliphatic carbocycles. The molecule has 3 rings (SSSR count). The molecule has 1 atom stereocenters. The average molecular weight is 337 g/mol. The zero-order chi connectivity index (χ0) is 17.5. The minimum atomic E-state index is -4.38. The summed E-state index contributed by atoms with van der Waals surface area (Å²) in [7, 11) is 0. The summed E-state index contributed by atoms with van der Waals surface area (Å²) in [4.78, 5) is 13.4. The molecule has 1 fully saturated rings. The van der Waals surface area contributed by atoms with E-state index in [0.717, 1.165) is 22.0 Å². The minimum Gasteiger partial charge on any atom is -0.327 e. The van der Waals surface area contributed by atoms with Gasteiger partial charge in [0.15, 0.2) is 0 Å². The van der Waals surface area contributed by atoms with Gasteiger partial charge in [-0.25, -0.2) is 4.68 Å². The van der Waals surface area contributed by atoms with Crippen LogP contribution in [0.4, 0.5) is 13.2 Å². The van der Waals surface area contributed by atoms with Crippen LogP contribution in [0.15, 0.2) is 30.3 Å². The predicted molar refractivity (Wildman–Crippen MR) is 83.2 cm³/mol. The minimum absolute atomic E-state index is 0.0287. The Hall–Kier alpha value is -2.31. The molecule has 24 heavy (non-hydrogen) atoms. The van der Waals surface area contributed by atoms with Crippen molar-refractivity contribution in [2.24, 2.45) is 0 Å². The van der Waals surface area contributed by atoms with E-state index in [9.17, 15) is 18.0 Å². The highest BCUT2D eigenvalue weighted by atomic mass is 19.4. The second-order valence-electron chi connectivity index (χ2n) is 6.08. The van der Waals surface area contributed by atoms with E-state index >= 15 is 0 Å². The maximum Gasteiger partial charge on any atom is 0.408 e. The zero-order valence-corrected chi connectivity index (χ0v) is 13.5. The molecule has 7 heteroatoms. The number of nitrogens with zero attached hydrogens (tertiary/aromatic N) is 3. The average Bonchev–Trinajstić information content (AvgIpc) is 3.13. The van der Waals surface area contributed by atoms with Crippen molar-refractivity contribution in [1.82, 2.24) is 14.7 Å². The van der Waals surface area contributed by atoms with E-state index in [-0.39, 0.29) is 18.5 Å². The largest absolute Gasteiger partial charge is 0.408 e. The summed E-state index contributed by atoms with van der Waals surface area (Å²) in [6, 6.07) is 6.76. The molecular formula is C17H18F3N3O. The molecule has 128 valence electrons. The molecule has 0 spiro atoms. The highest BCUT2D eigenvalue weighted by molar-refractivity contribution is 5.94.